The summed E-state index contributed by atoms with van der Waals surface area (Å²) in [7, 11) is 1.91. The van der Waals surface area contributed by atoms with Crippen LogP contribution < -0.4 is 5.43 Å². The summed E-state index contributed by atoms with van der Waals surface area (Å²) in [4.78, 5) is 24.3. The number of aromatic amines is 1. The summed E-state index contributed by atoms with van der Waals surface area (Å²) in [5.74, 6) is -0.248. The maximum absolute atomic E-state index is 12.3. The molecule has 0 saturated carbocycles. The third-order valence-electron chi connectivity index (χ3n) is 3.68. The van der Waals surface area contributed by atoms with E-state index in [4.69, 9.17) is 0 Å². The zero-order valence-electron chi connectivity index (χ0n) is 12.0. The molecule has 0 saturated heterocycles. The maximum atomic E-state index is 12.3. The second kappa shape index (κ2) is 5.30. The first-order valence-electron chi connectivity index (χ1n) is 6.81. The number of hydrogen-bond donors (Lipinski definition) is 2. The summed E-state index contributed by atoms with van der Waals surface area (Å²) >= 11 is 2.05. The van der Waals surface area contributed by atoms with Crippen LogP contribution >= 0.6 is 22.6 Å². The Labute approximate surface area is 144 Å². The first kappa shape index (κ1) is 14.1. The number of hydrazone groups is 1. The lowest BCUT2D eigenvalue weighted by Crippen LogP contribution is -2.16. The lowest BCUT2D eigenvalue weighted by Gasteiger charge is -2.02. The molecule has 2 N–H and O–H groups in total. The highest BCUT2D eigenvalue weighted by Gasteiger charge is 2.22. The van der Waals surface area contributed by atoms with E-state index < -0.39 is 0 Å². The van der Waals surface area contributed by atoms with E-state index in [1.165, 1.54) is 0 Å². The highest BCUT2D eigenvalue weighted by atomic mass is 127. The Morgan fingerprint density at radius 2 is 2.26 bits per heavy atom. The summed E-state index contributed by atoms with van der Waals surface area (Å²) in [5, 5.41) is 4.84. The van der Waals surface area contributed by atoms with Gasteiger partial charge in [0.25, 0.3) is 5.91 Å². The molecule has 1 aliphatic heterocycles. The van der Waals surface area contributed by atoms with E-state index >= 15 is 0 Å². The van der Waals surface area contributed by atoms with Crippen molar-refractivity contribution in [2.24, 2.45) is 17.1 Å². The minimum absolute atomic E-state index is 0.248. The largest absolute Gasteiger partial charge is 0.353 e. The van der Waals surface area contributed by atoms with Crippen molar-refractivity contribution in [3.8, 4) is 11.4 Å². The molecule has 8 heteroatoms. The number of H-pyrrole nitrogens is 1. The minimum atomic E-state index is -0.248. The van der Waals surface area contributed by atoms with Crippen LogP contribution in [0.2, 0.25) is 0 Å². The first-order valence-corrected chi connectivity index (χ1v) is 8.06. The molecule has 3 aromatic rings. The summed E-state index contributed by atoms with van der Waals surface area (Å²) in [5.41, 5.74) is 7.09. The molecule has 0 unspecified atom stereocenters. The van der Waals surface area contributed by atoms with Crippen LogP contribution in [0.1, 0.15) is 15.9 Å². The number of carbonyl (C=O) groups is 1. The fraction of sp³-hybridized carbons (Fsp3) is 0.0667. The van der Waals surface area contributed by atoms with Gasteiger partial charge in [0, 0.05) is 29.7 Å². The molecule has 0 spiro atoms. The number of nitrogens with one attached hydrogen (secondary N) is 2. The van der Waals surface area contributed by atoms with Crippen LogP contribution in [0.3, 0.4) is 0 Å². The molecule has 2 aromatic heterocycles. The average Bonchev–Trinajstić information content (AvgIpc) is 3.06. The molecule has 0 atom stereocenters. The van der Waals surface area contributed by atoms with Crippen molar-refractivity contribution in [2.75, 3.05) is 0 Å². The monoisotopic (exact) mass is 418 g/mol. The Balaban J connectivity index is 2.08. The fourth-order valence-corrected chi connectivity index (χ4v) is 3.06. The maximum Gasteiger partial charge on any atom is 0.272 e. The van der Waals surface area contributed by atoms with E-state index in [-0.39, 0.29) is 5.91 Å². The number of carbonyl (C=O) groups excluding carboxylic acids is 1. The fourth-order valence-electron chi connectivity index (χ4n) is 2.74. The second-order valence-electron chi connectivity index (χ2n) is 5.18. The molecule has 1 aliphatic rings. The quantitative estimate of drug-likeness (QED) is 0.495. The Morgan fingerprint density at radius 3 is 3.00 bits per heavy atom. The minimum Gasteiger partial charge on any atom is -0.353 e. The number of benzene rings is 1. The van der Waals surface area contributed by atoms with Gasteiger partial charge in [0.15, 0.2) is 0 Å². The lowest BCUT2D eigenvalue weighted by atomic mass is 10.0. The van der Waals surface area contributed by atoms with Gasteiger partial charge in [-0.05, 0) is 34.7 Å². The number of aliphatic imine (C=N–C) groups is 1. The van der Waals surface area contributed by atoms with Crippen molar-refractivity contribution >= 4 is 55.5 Å². The molecule has 0 radical (unpaired) electrons. The van der Waals surface area contributed by atoms with Gasteiger partial charge < -0.3 is 9.55 Å². The summed E-state index contributed by atoms with van der Waals surface area (Å²) in [6, 6.07) is 3.68. The van der Waals surface area contributed by atoms with Crippen LogP contribution in [-0.4, -0.2) is 30.9 Å². The van der Waals surface area contributed by atoms with Crippen LogP contribution in [0.15, 0.2) is 34.8 Å². The molecule has 1 amide bonds. The molecule has 7 nitrogen and oxygen atoms in total. The number of imidazole rings is 1. The predicted octanol–water partition coefficient (Wildman–Crippen LogP) is 2.74. The van der Waals surface area contributed by atoms with E-state index in [0.717, 1.165) is 27.9 Å². The van der Waals surface area contributed by atoms with E-state index in [1.54, 1.807) is 22.8 Å². The van der Waals surface area contributed by atoms with Crippen LogP contribution in [0, 0.1) is 0 Å². The molecule has 114 valence electrons. The third kappa shape index (κ3) is 2.25. The van der Waals surface area contributed by atoms with Crippen LogP contribution in [0.5, 0.6) is 0 Å². The Bertz CT molecular complexity index is 997. The van der Waals surface area contributed by atoms with Gasteiger partial charge in [-0.15, -0.1) is 0 Å². The van der Waals surface area contributed by atoms with Crippen molar-refractivity contribution in [2.45, 2.75) is 0 Å². The summed E-state index contributed by atoms with van der Waals surface area (Å²) < 4.78 is 3.54. The highest BCUT2D eigenvalue weighted by Crippen LogP contribution is 2.34. The van der Waals surface area contributed by atoms with E-state index in [9.17, 15) is 4.79 Å². The second-order valence-corrected chi connectivity index (χ2v) is 5.74. The standard InChI is InChI=1S/C15H11IN6O/c1-22-5-12(18-7-22)14-10-4-19-21-15(23)9-2-8(17-6-16)3-11(20-14)13(9)10/h2-7,20H,1H3,(H,21,23)/b17-6+. The molecular formula is C15H11IN6O. The zero-order valence-corrected chi connectivity index (χ0v) is 14.2. The number of rotatable bonds is 2. The van der Waals surface area contributed by atoms with Gasteiger partial charge in [0.1, 0.15) is 5.69 Å². The van der Waals surface area contributed by atoms with Crippen molar-refractivity contribution in [3.05, 3.63) is 35.8 Å². The van der Waals surface area contributed by atoms with Crippen molar-refractivity contribution < 1.29 is 4.79 Å². The molecule has 4 rings (SSSR count). The zero-order chi connectivity index (χ0) is 16.0. The van der Waals surface area contributed by atoms with Crippen molar-refractivity contribution in [1.29, 1.82) is 0 Å². The van der Waals surface area contributed by atoms with Gasteiger partial charge in [-0.1, -0.05) is 0 Å². The Hall–Kier alpha value is -2.49. The SMILES string of the molecule is Cn1cnc(-c2[nH]c3cc(/N=C/I)cc4c3c2C=NNC4=O)c1. The number of aryl methyl sites for hydroxylation is 1. The molecule has 1 aromatic carbocycles. The average molecular weight is 418 g/mol. The molecule has 0 fully saturated rings. The summed E-state index contributed by atoms with van der Waals surface area (Å²) in [6.45, 7) is 0. The molecule has 23 heavy (non-hydrogen) atoms. The number of amides is 1. The normalized spacial score (nSPS) is 13.7. The van der Waals surface area contributed by atoms with Gasteiger partial charge in [-0.3, -0.25) is 9.79 Å². The molecule has 0 bridgehead atoms. The van der Waals surface area contributed by atoms with Crippen molar-refractivity contribution in [3.63, 3.8) is 0 Å². The molecule has 3 heterocycles. The Kier molecular flexibility index (Phi) is 3.26. The van der Waals surface area contributed by atoms with E-state index in [2.05, 4.69) is 25.5 Å². The van der Waals surface area contributed by atoms with E-state index in [1.807, 2.05) is 46.5 Å². The van der Waals surface area contributed by atoms with Gasteiger partial charge >= 0.3 is 0 Å². The van der Waals surface area contributed by atoms with E-state index in [0.29, 0.717) is 11.3 Å². The van der Waals surface area contributed by atoms with Crippen molar-refractivity contribution in [1.82, 2.24) is 20.0 Å². The first-order chi connectivity index (χ1) is 11.2. The number of nitrogens with zero attached hydrogens (tertiary/aromatic N) is 4. The van der Waals surface area contributed by atoms with Crippen LogP contribution in [-0.2, 0) is 7.05 Å². The van der Waals surface area contributed by atoms with Crippen LogP contribution in [0.4, 0.5) is 5.69 Å². The molecule has 0 aliphatic carbocycles. The van der Waals surface area contributed by atoms with Crippen LogP contribution in [0.25, 0.3) is 22.3 Å². The van der Waals surface area contributed by atoms with Gasteiger partial charge in [0.2, 0.25) is 0 Å². The number of halogens is 1. The topological polar surface area (TPSA) is 87.4 Å². The highest BCUT2D eigenvalue weighted by molar-refractivity contribution is 14.1. The molecular weight excluding hydrogens is 407 g/mol. The third-order valence-corrected chi connectivity index (χ3v) is 3.96. The van der Waals surface area contributed by atoms with Gasteiger partial charge in [-0.25, -0.2) is 10.4 Å². The number of aromatic nitrogens is 3. The van der Waals surface area contributed by atoms with Gasteiger partial charge in [0.05, 0.1) is 33.7 Å². The lowest BCUT2D eigenvalue weighted by molar-refractivity contribution is 0.0957. The Morgan fingerprint density at radius 1 is 1.39 bits per heavy atom. The predicted molar refractivity (Wildman–Crippen MR) is 97.7 cm³/mol. The van der Waals surface area contributed by atoms with Gasteiger partial charge in [-0.2, -0.15) is 5.10 Å². The smallest absolute Gasteiger partial charge is 0.272 e. The summed E-state index contributed by atoms with van der Waals surface area (Å²) in [6.07, 6.45) is 5.30. The number of hydrogen-bond acceptors (Lipinski definition) is 4.